The molecule has 39 heavy (non-hydrogen) atoms. The Balaban J connectivity index is 1.45. The Bertz CT molecular complexity index is 1640. The molecule has 1 aliphatic heterocycles. The maximum Gasteiger partial charge on any atom is 0.408 e. The summed E-state index contributed by atoms with van der Waals surface area (Å²) >= 11 is 0. The third-order valence-electron chi connectivity index (χ3n) is 7.37. The molecular formula is C26H26F4N8O. The summed E-state index contributed by atoms with van der Waals surface area (Å²) in [5, 5.41) is 6.46. The Morgan fingerprint density at radius 3 is 2.64 bits per heavy atom. The minimum atomic E-state index is -4.70. The Kier molecular flexibility index (Phi) is 5.75. The van der Waals surface area contributed by atoms with Crippen LogP contribution in [0.5, 0.6) is 0 Å². The Morgan fingerprint density at radius 1 is 1.13 bits per heavy atom. The van der Waals surface area contributed by atoms with Crippen molar-refractivity contribution >= 4 is 22.7 Å². The average Bonchev–Trinajstić information content (AvgIpc) is 3.62. The van der Waals surface area contributed by atoms with Gasteiger partial charge in [-0.15, -0.1) is 0 Å². The van der Waals surface area contributed by atoms with Gasteiger partial charge in [-0.3, -0.25) is 9.18 Å². The molecule has 1 aliphatic carbocycles. The number of fused-ring (bicyclic) bond motifs is 3. The van der Waals surface area contributed by atoms with Crippen LogP contribution in [0.2, 0.25) is 0 Å². The highest BCUT2D eigenvalue weighted by Crippen LogP contribution is 2.50. The van der Waals surface area contributed by atoms with E-state index in [1.807, 2.05) is 12.1 Å². The third-order valence-corrected chi connectivity index (χ3v) is 7.37. The standard InChI is InChI=1S/C26H26F4N8O/c1-24(2,12-27)22-32-8-5-19(35-22)38-20-17(21(39)37(38)14-26(28,29)30)11-33-23(36-20)34-16-3-4-18-15(9-16)10-31-13-25(18)6-7-25/h3-5,8-9,11,31H,6-7,10,12-14H2,1-2H3,(H,33,34,36). The molecule has 2 aliphatic rings. The number of nitrogens with one attached hydrogen (secondary N) is 2. The summed E-state index contributed by atoms with van der Waals surface area (Å²) in [6.07, 6.45) is 0.119. The highest BCUT2D eigenvalue weighted by atomic mass is 19.4. The topological polar surface area (TPSA) is 103 Å². The summed E-state index contributed by atoms with van der Waals surface area (Å²) < 4.78 is 55.7. The number of hydrogen-bond acceptors (Lipinski definition) is 7. The molecule has 0 unspecified atom stereocenters. The maximum atomic E-state index is 13.6. The number of halogens is 4. The summed E-state index contributed by atoms with van der Waals surface area (Å²) in [6.45, 7) is 2.49. The molecule has 0 atom stereocenters. The first-order chi connectivity index (χ1) is 18.5. The average molecular weight is 543 g/mol. The van der Waals surface area contributed by atoms with E-state index >= 15 is 0 Å². The molecule has 0 bridgehead atoms. The van der Waals surface area contributed by atoms with Crippen LogP contribution in [0.1, 0.15) is 43.6 Å². The second-order valence-corrected chi connectivity index (χ2v) is 10.9. The van der Waals surface area contributed by atoms with Gasteiger partial charge in [0.15, 0.2) is 11.5 Å². The molecular weight excluding hydrogens is 516 g/mol. The van der Waals surface area contributed by atoms with Crippen molar-refractivity contribution in [1.29, 1.82) is 0 Å². The van der Waals surface area contributed by atoms with Crippen LogP contribution in [0, 0.1) is 0 Å². The number of anilines is 2. The van der Waals surface area contributed by atoms with Crippen molar-refractivity contribution in [3.05, 3.63) is 64.0 Å². The van der Waals surface area contributed by atoms with E-state index in [2.05, 4.69) is 36.6 Å². The molecule has 1 aromatic carbocycles. The predicted molar refractivity (Wildman–Crippen MR) is 136 cm³/mol. The Morgan fingerprint density at radius 2 is 1.92 bits per heavy atom. The van der Waals surface area contributed by atoms with Gasteiger partial charge in [0.2, 0.25) is 5.95 Å². The zero-order valence-corrected chi connectivity index (χ0v) is 21.3. The molecule has 6 rings (SSSR count). The van der Waals surface area contributed by atoms with E-state index in [1.165, 1.54) is 29.6 Å². The molecule has 1 fully saturated rings. The number of aromatic nitrogens is 6. The number of rotatable bonds is 6. The van der Waals surface area contributed by atoms with Crippen molar-refractivity contribution < 1.29 is 17.6 Å². The van der Waals surface area contributed by atoms with Gasteiger partial charge in [0, 0.05) is 42.7 Å². The first-order valence-corrected chi connectivity index (χ1v) is 12.6. The van der Waals surface area contributed by atoms with Crippen LogP contribution in [-0.2, 0) is 23.9 Å². The van der Waals surface area contributed by atoms with Crippen molar-refractivity contribution in [1.82, 2.24) is 34.6 Å². The number of alkyl halides is 4. The fourth-order valence-corrected chi connectivity index (χ4v) is 5.08. The summed E-state index contributed by atoms with van der Waals surface area (Å²) in [4.78, 5) is 30.1. The molecule has 4 heterocycles. The predicted octanol–water partition coefficient (Wildman–Crippen LogP) is 4.06. The molecule has 1 spiro atoms. The highest BCUT2D eigenvalue weighted by Gasteiger charge is 2.46. The fourth-order valence-electron chi connectivity index (χ4n) is 5.08. The van der Waals surface area contributed by atoms with Crippen molar-refractivity contribution in [2.75, 3.05) is 18.5 Å². The van der Waals surface area contributed by atoms with Crippen molar-refractivity contribution in [3.63, 3.8) is 0 Å². The van der Waals surface area contributed by atoms with Crippen molar-refractivity contribution in [2.24, 2.45) is 0 Å². The Labute approximate surface area is 220 Å². The first-order valence-electron chi connectivity index (χ1n) is 12.6. The van der Waals surface area contributed by atoms with Crippen LogP contribution in [0.25, 0.3) is 16.9 Å². The molecule has 2 N–H and O–H groups in total. The highest BCUT2D eigenvalue weighted by molar-refractivity contribution is 5.77. The van der Waals surface area contributed by atoms with E-state index in [4.69, 9.17) is 0 Å². The molecule has 0 saturated heterocycles. The van der Waals surface area contributed by atoms with Gasteiger partial charge in [0.25, 0.3) is 5.56 Å². The monoisotopic (exact) mass is 542 g/mol. The van der Waals surface area contributed by atoms with E-state index in [-0.39, 0.29) is 34.0 Å². The van der Waals surface area contributed by atoms with Crippen LogP contribution in [-0.4, -0.2) is 48.7 Å². The van der Waals surface area contributed by atoms with Gasteiger partial charge in [-0.05, 0) is 36.1 Å². The zero-order chi connectivity index (χ0) is 27.6. The van der Waals surface area contributed by atoms with E-state index in [1.54, 1.807) is 13.8 Å². The van der Waals surface area contributed by atoms with E-state index < -0.39 is 30.4 Å². The lowest BCUT2D eigenvalue weighted by molar-refractivity contribution is -0.144. The van der Waals surface area contributed by atoms with Crippen LogP contribution < -0.4 is 16.2 Å². The fraction of sp³-hybridized carbons (Fsp3) is 0.423. The minimum absolute atomic E-state index is 0.0443. The molecule has 0 amide bonds. The minimum Gasteiger partial charge on any atom is -0.324 e. The van der Waals surface area contributed by atoms with Gasteiger partial charge < -0.3 is 10.6 Å². The van der Waals surface area contributed by atoms with Crippen molar-refractivity contribution in [2.45, 2.75) is 56.8 Å². The van der Waals surface area contributed by atoms with Gasteiger partial charge in [0.1, 0.15) is 24.4 Å². The van der Waals surface area contributed by atoms with E-state index in [0.29, 0.717) is 10.4 Å². The van der Waals surface area contributed by atoms with Gasteiger partial charge >= 0.3 is 6.18 Å². The lowest BCUT2D eigenvalue weighted by atomic mass is 9.88. The molecule has 1 saturated carbocycles. The summed E-state index contributed by atoms with van der Waals surface area (Å²) in [6, 6.07) is 7.37. The number of benzene rings is 1. The van der Waals surface area contributed by atoms with Crippen LogP contribution in [0.3, 0.4) is 0 Å². The Hall–Kier alpha value is -3.87. The van der Waals surface area contributed by atoms with E-state index in [0.717, 1.165) is 30.6 Å². The molecule has 3 aromatic heterocycles. The third kappa shape index (κ3) is 4.54. The lowest BCUT2D eigenvalue weighted by Crippen LogP contribution is -2.33. The lowest BCUT2D eigenvalue weighted by Gasteiger charge is -2.26. The van der Waals surface area contributed by atoms with Crippen LogP contribution in [0.15, 0.2) is 41.5 Å². The summed E-state index contributed by atoms with van der Waals surface area (Å²) in [7, 11) is 0. The first kappa shape index (κ1) is 25.4. The van der Waals surface area contributed by atoms with Gasteiger partial charge in [-0.25, -0.2) is 24.3 Å². The van der Waals surface area contributed by atoms with E-state index in [9.17, 15) is 22.4 Å². The SMILES string of the molecule is CC(C)(CF)c1nccc(-n2c3nc(Nc4ccc5c(c4)CNCC54CC4)ncc3c(=O)n2CC(F)(F)F)n1. The summed E-state index contributed by atoms with van der Waals surface area (Å²) in [5.74, 6) is 0.139. The zero-order valence-electron chi connectivity index (χ0n) is 21.3. The van der Waals surface area contributed by atoms with Gasteiger partial charge in [0.05, 0.1) is 5.41 Å². The van der Waals surface area contributed by atoms with Gasteiger partial charge in [-0.1, -0.05) is 19.9 Å². The smallest absolute Gasteiger partial charge is 0.324 e. The van der Waals surface area contributed by atoms with Crippen molar-refractivity contribution in [3.8, 4) is 5.82 Å². The molecule has 204 valence electrons. The molecule has 13 heteroatoms. The van der Waals surface area contributed by atoms with Crippen LogP contribution >= 0.6 is 0 Å². The number of nitrogens with zero attached hydrogens (tertiary/aromatic N) is 6. The quantitative estimate of drug-likeness (QED) is 0.354. The molecule has 4 aromatic rings. The summed E-state index contributed by atoms with van der Waals surface area (Å²) in [5.41, 5.74) is 1.35. The largest absolute Gasteiger partial charge is 0.408 e. The molecule has 9 nitrogen and oxygen atoms in total. The van der Waals surface area contributed by atoms with Gasteiger partial charge in [-0.2, -0.15) is 18.2 Å². The number of hydrogen-bond donors (Lipinski definition) is 2. The maximum absolute atomic E-state index is 13.6. The second kappa shape index (κ2) is 8.83. The molecule has 0 radical (unpaired) electrons. The second-order valence-electron chi connectivity index (χ2n) is 10.9. The normalized spacial score (nSPS) is 16.5. The van der Waals surface area contributed by atoms with Crippen LogP contribution in [0.4, 0.5) is 29.2 Å².